The van der Waals surface area contributed by atoms with Crippen LogP contribution in [0.15, 0.2) is 72.8 Å². The van der Waals surface area contributed by atoms with Gasteiger partial charge in [0.15, 0.2) is 8.32 Å². The second kappa shape index (κ2) is 16.5. The molecule has 42 heavy (non-hydrogen) atoms. The Bertz CT molecular complexity index is 1200. The number of hydrogen-bond donors (Lipinski definition) is 0. The molecule has 0 aliphatic carbocycles. The highest BCUT2D eigenvalue weighted by molar-refractivity contribution is 6.77. The lowest BCUT2D eigenvalue weighted by atomic mass is 10.2. The summed E-state index contributed by atoms with van der Waals surface area (Å²) in [5.41, 5.74) is 4.36. The molecule has 0 fully saturated rings. The van der Waals surface area contributed by atoms with Crippen LogP contribution in [0.4, 0.5) is 0 Å². The van der Waals surface area contributed by atoms with E-state index in [1.165, 1.54) is 0 Å². The molecule has 0 atom stereocenters. The first-order chi connectivity index (χ1) is 20.1. The third-order valence-corrected chi connectivity index (χ3v) is 14.2. The number of hydrogen-bond acceptors (Lipinski definition) is 5. The fourth-order valence-electron chi connectivity index (χ4n) is 5.93. The molecular formula is C36H50O5Si. The molecule has 0 amide bonds. The van der Waals surface area contributed by atoms with Gasteiger partial charge in [0.1, 0.15) is 23.9 Å². The van der Waals surface area contributed by atoms with Gasteiger partial charge in [-0.25, -0.2) is 4.79 Å². The fraction of sp³-hybridized carbons (Fsp3) is 0.472. The predicted molar refractivity (Wildman–Crippen MR) is 174 cm³/mol. The van der Waals surface area contributed by atoms with Gasteiger partial charge >= 0.3 is 5.97 Å². The van der Waals surface area contributed by atoms with Gasteiger partial charge in [-0.3, -0.25) is 0 Å². The van der Waals surface area contributed by atoms with Gasteiger partial charge in [0.05, 0.1) is 12.2 Å². The summed E-state index contributed by atoms with van der Waals surface area (Å²) in [6, 6.07) is 22.6. The molecule has 3 rings (SSSR count). The average Bonchev–Trinajstić information content (AvgIpc) is 2.96. The monoisotopic (exact) mass is 590 g/mol. The lowest BCUT2D eigenvalue weighted by Crippen LogP contribution is -2.47. The maximum Gasteiger partial charge on any atom is 0.343 e. The molecule has 0 bridgehead atoms. The summed E-state index contributed by atoms with van der Waals surface area (Å²) in [5.74, 6) is 1.61. The number of aryl methyl sites for hydroxylation is 1. The van der Waals surface area contributed by atoms with E-state index < -0.39 is 14.3 Å². The SMILES string of the molecule is Cc1cc(OC(=O)c2ccc(OCCCCCCO[Si](C(C)C)(C(C)C)C(C)C)cc2)ccc1OCc1ccccc1. The number of esters is 1. The zero-order valence-electron chi connectivity index (χ0n) is 26.7. The van der Waals surface area contributed by atoms with Gasteiger partial charge in [-0.05, 0) is 96.4 Å². The van der Waals surface area contributed by atoms with Crippen molar-refractivity contribution in [2.75, 3.05) is 13.2 Å². The first kappa shape index (κ1) is 33.4. The van der Waals surface area contributed by atoms with Crippen LogP contribution in [-0.4, -0.2) is 27.5 Å². The van der Waals surface area contributed by atoms with Crippen molar-refractivity contribution in [3.05, 3.63) is 89.5 Å². The number of carbonyl (C=O) groups is 1. The molecule has 0 saturated carbocycles. The lowest BCUT2D eigenvalue weighted by molar-refractivity contribution is 0.0734. The quantitative estimate of drug-likeness (QED) is 0.0678. The van der Waals surface area contributed by atoms with Crippen molar-refractivity contribution in [1.82, 2.24) is 0 Å². The molecule has 3 aromatic carbocycles. The summed E-state index contributed by atoms with van der Waals surface area (Å²) in [6.45, 7) is 18.0. The van der Waals surface area contributed by atoms with E-state index in [1.807, 2.05) is 61.5 Å². The van der Waals surface area contributed by atoms with E-state index in [0.717, 1.165) is 54.9 Å². The molecule has 0 aliphatic heterocycles. The first-order valence-electron chi connectivity index (χ1n) is 15.5. The summed E-state index contributed by atoms with van der Waals surface area (Å²) in [6.07, 6.45) is 4.35. The van der Waals surface area contributed by atoms with Crippen LogP contribution >= 0.6 is 0 Å². The topological polar surface area (TPSA) is 54.0 Å². The van der Waals surface area contributed by atoms with E-state index in [2.05, 4.69) is 41.5 Å². The van der Waals surface area contributed by atoms with Crippen LogP contribution in [0.5, 0.6) is 17.2 Å². The molecule has 0 aliphatic rings. The Balaban J connectivity index is 1.36. The van der Waals surface area contributed by atoms with E-state index >= 15 is 0 Å². The molecule has 0 heterocycles. The van der Waals surface area contributed by atoms with Crippen molar-refractivity contribution >= 4 is 14.3 Å². The smallest absolute Gasteiger partial charge is 0.343 e. The molecule has 228 valence electrons. The second-order valence-corrected chi connectivity index (χ2v) is 17.5. The molecule has 0 unspecified atom stereocenters. The van der Waals surface area contributed by atoms with Gasteiger partial charge in [0, 0.05) is 6.61 Å². The minimum absolute atomic E-state index is 0.402. The summed E-state index contributed by atoms with van der Waals surface area (Å²) >= 11 is 0. The highest BCUT2D eigenvalue weighted by Gasteiger charge is 2.44. The summed E-state index contributed by atoms with van der Waals surface area (Å²) < 4.78 is 24.1. The van der Waals surface area contributed by atoms with Gasteiger partial charge in [-0.1, -0.05) is 78.3 Å². The van der Waals surface area contributed by atoms with E-state index in [0.29, 0.717) is 41.2 Å². The Kier molecular flexibility index (Phi) is 13.1. The molecule has 0 spiro atoms. The molecule has 0 N–H and O–H groups in total. The number of rotatable bonds is 17. The van der Waals surface area contributed by atoms with Crippen molar-refractivity contribution < 1.29 is 23.4 Å². The standard InChI is InChI=1S/C36H50O5Si/c1-27(2)42(28(3)4,29(5)6)40-24-14-9-8-13-23-38-33-19-17-32(18-20-33)36(37)41-34-21-22-35(30(7)25-34)39-26-31-15-11-10-12-16-31/h10-12,15-22,25,27-29H,8-9,13-14,23-24,26H2,1-7H3. The molecular weight excluding hydrogens is 540 g/mol. The van der Waals surface area contributed by atoms with Crippen molar-refractivity contribution in [3.8, 4) is 17.2 Å². The van der Waals surface area contributed by atoms with Crippen molar-refractivity contribution in [1.29, 1.82) is 0 Å². The van der Waals surface area contributed by atoms with Gasteiger partial charge in [0.2, 0.25) is 0 Å². The maximum absolute atomic E-state index is 12.7. The van der Waals surface area contributed by atoms with Crippen LogP contribution in [0.3, 0.4) is 0 Å². The first-order valence-corrected chi connectivity index (χ1v) is 17.6. The van der Waals surface area contributed by atoms with Crippen LogP contribution in [-0.2, 0) is 11.0 Å². The Morgan fingerprint density at radius 1 is 0.690 bits per heavy atom. The Labute approximate surface area is 254 Å². The van der Waals surface area contributed by atoms with Gasteiger partial charge in [-0.2, -0.15) is 0 Å². The molecule has 3 aromatic rings. The maximum atomic E-state index is 12.7. The third kappa shape index (κ3) is 9.46. The van der Waals surface area contributed by atoms with E-state index in [4.69, 9.17) is 18.6 Å². The Hall–Kier alpha value is -3.09. The summed E-state index contributed by atoms with van der Waals surface area (Å²) in [4.78, 5) is 12.7. The molecule has 0 saturated heterocycles. The van der Waals surface area contributed by atoms with E-state index in [9.17, 15) is 4.79 Å². The Morgan fingerprint density at radius 2 is 1.29 bits per heavy atom. The van der Waals surface area contributed by atoms with Crippen LogP contribution in [0.1, 0.15) is 88.7 Å². The van der Waals surface area contributed by atoms with Gasteiger partial charge in [0.25, 0.3) is 0 Å². The zero-order valence-corrected chi connectivity index (χ0v) is 27.7. The fourth-order valence-corrected chi connectivity index (χ4v) is 11.4. The number of unbranched alkanes of at least 4 members (excludes halogenated alkanes) is 3. The minimum Gasteiger partial charge on any atom is -0.494 e. The molecule has 6 heteroatoms. The van der Waals surface area contributed by atoms with Crippen LogP contribution in [0.25, 0.3) is 0 Å². The van der Waals surface area contributed by atoms with Gasteiger partial charge < -0.3 is 18.6 Å². The summed E-state index contributed by atoms with van der Waals surface area (Å²) in [5, 5.41) is 0. The Morgan fingerprint density at radius 3 is 1.88 bits per heavy atom. The predicted octanol–water partition coefficient (Wildman–Crippen LogP) is 9.92. The largest absolute Gasteiger partial charge is 0.494 e. The van der Waals surface area contributed by atoms with Crippen molar-refractivity contribution in [2.45, 2.75) is 97.4 Å². The van der Waals surface area contributed by atoms with Crippen LogP contribution in [0.2, 0.25) is 16.6 Å². The number of carbonyl (C=O) groups excluding carboxylic acids is 1. The molecule has 0 aromatic heterocycles. The normalized spacial score (nSPS) is 11.8. The third-order valence-electron chi connectivity index (χ3n) is 8.05. The molecule has 0 radical (unpaired) electrons. The average molecular weight is 591 g/mol. The van der Waals surface area contributed by atoms with Crippen LogP contribution < -0.4 is 14.2 Å². The molecule has 5 nitrogen and oxygen atoms in total. The van der Waals surface area contributed by atoms with E-state index in [-0.39, 0.29) is 0 Å². The summed E-state index contributed by atoms with van der Waals surface area (Å²) in [7, 11) is -1.76. The number of benzene rings is 3. The van der Waals surface area contributed by atoms with Crippen molar-refractivity contribution in [2.24, 2.45) is 0 Å². The van der Waals surface area contributed by atoms with Crippen molar-refractivity contribution in [3.63, 3.8) is 0 Å². The van der Waals surface area contributed by atoms with Gasteiger partial charge in [-0.15, -0.1) is 0 Å². The zero-order chi connectivity index (χ0) is 30.5. The minimum atomic E-state index is -1.76. The van der Waals surface area contributed by atoms with E-state index in [1.54, 1.807) is 18.2 Å². The second-order valence-electron chi connectivity index (χ2n) is 12.0. The lowest BCUT2D eigenvalue weighted by Gasteiger charge is -2.42. The highest BCUT2D eigenvalue weighted by atomic mass is 28.4. The highest BCUT2D eigenvalue weighted by Crippen LogP contribution is 2.42. The number of ether oxygens (including phenoxy) is 3. The van der Waals surface area contributed by atoms with Crippen LogP contribution in [0, 0.1) is 6.92 Å².